The van der Waals surface area contributed by atoms with Crippen molar-refractivity contribution in [3.8, 4) is 0 Å². The minimum absolute atomic E-state index is 0.764. The van der Waals surface area contributed by atoms with Crippen LogP contribution in [0.4, 0.5) is 0 Å². The molecule has 0 spiro atoms. The molecular formula is C18H23N3OS. The van der Waals surface area contributed by atoms with Crippen LogP contribution in [-0.4, -0.2) is 48.3 Å². The molecule has 0 saturated heterocycles. The van der Waals surface area contributed by atoms with Crippen LogP contribution >= 0.6 is 12.2 Å². The molecule has 1 aromatic carbocycles. The Hall–Kier alpha value is -1.85. The van der Waals surface area contributed by atoms with Crippen molar-refractivity contribution in [3.05, 3.63) is 42.1 Å². The summed E-state index contributed by atoms with van der Waals surface area (Å²) in [5, 5.41) is 5.45. The third-order valence-electron chi connectivity index (χ3n) is 4.23. The Labute approximate surface area is 142 Å². The number of thiocarbonyl (C=S) groups is 1. The first-order valence-electron chi connectivity index (χ1n) is 8.07. The molecule has 0 radical (unpaired) electrons. The van der Waals surface area contributed by atoms with Crippen LogP contribution in [-0.2, 0) is 4.74 Å². The number of hydrogen-bond donors (Lipinski definition) is 2. The number of nitrogens with one attached hydrogen (secondary N) is 2. The lowest BCUT2D eigenvalue weighted by Gasteiger charge is -2.29. The number of hydrogen-bond acceptors (Lipinski definition) is 2. The molecule has 4 nitrogen and oxygen atoms in total. The zero-order valence-corrected chi connectivity index (χ0v) is 14.3. The second-order valence-electron chi connectivity index (χ2n) is 5.75. The second kappa shape index (κ2) is 7.62. The number of aromatic nitrogens is 1. The predicted molar refractivity (Wildman–Crippen MR) is 99.6 cm³/mol. The quantitative estimate of drug-likeness (QED) is 0.653. The van der Waals surface area contributed by atoms with Gasteiger partial charge in [-0.2, -0.15) is 0 Å². The van der Waals surface area contributed by atoms with E-state index in [-0.39, 0.29) is 0 Å². The summed E-state index contributed by atoms with van der Waals surface area (Å²) in [5.41, 5.74) is 3.92. The van der Waals surface area contributed by atoms with E-state index < -0.39 is 0 Å². The first kappa shape index (κ1) is 16.0. The molecule has 2 heterocycles. The number of nitrogens with zero attached hydrogens (tertiary/aromatic N) is 1. The highest BCUT2D eigenvalue weighted by molar-refractivity contribution is 7.80. The van der Waals surface area contributed by atoms with Gasteiger partial charge in [-0.1, -0.05) is 24.3 Å². The van der Waals surface area contributed by atoms with E-state index in [1.807, 2.05) is 0 Å². The number of methoxy groups -OCH3 is 1. The van der Waals surface area contributed by atoms with Crippen molar-refractivity contribution in [2.45, 2.75) is 12.8 Å². The summed E-state index contributed by atoms with van der Waals surface area (Å²) < 4.78 is 5.05. The standard InChI is InChI=1S/C18H23N3OS/c1-22-12-4-9-19-18(23)21-10-7-14(8-11-21)16-13-20-17-6-3-2-5-15(16)17/h2-3,5-7,13,20H,4,8-12H2,1H3,(H,19,23). The van der Waals surface area contributed by atoms with Gasteiger partial charge in [0.2, 0.25) is 0 Å². The Morgan fingerprint density at radius 2 is 2.26 bits per heavy atom. The molecule has 2 N–H and O–H groups in total. The third-order valence-corrected chi connectivity index (χ3v) is 4.64. The number of fused-ring (bicyclic) bond motifs is 1. The molecule has 1 aliphatic rings. The molecular weight excluding hydrogens is 306 g/mol. The van der Waals surface area contributed by atoms with Gasteiger partial charge in [0.15, 0.2) is 5.11 Å². The average Bonchev–Trinajstić information content (AvgIpc) is 3.03. The lowest BCUT2D eigenvalue weighted by Crippen LogP contribution is -2.42. The van der Waals surface area contributed by atoms with Crippen LogP contribution in [0, 0.1) is 0 Å². The number of rotatable bonds is 5. The van der Waals surface area contributed by atoms with E-state index in [1.54, 1.807) is 7.11 Å². The maximum Gasteiger partial charge on any atom is 0.169 e. The Balaban J connectivity index is 1.61. The number of aromatic amines is 1. The Bertz CT molecular complexity index is 707. The zero-order chi connectivity index (χ0) is 16.1. The highest BCUT2D eigenvalue weighted by Gasteiger charge is 2.17. The molecule has 0 bridgehead atoms. The van der Waals surface area contributed by atoms with Gasteiger partial charge in [-0.3, -0.25) is 0 Å². The minimum Gasteiger partial charge on any atom is -0.385 e. The fourth-order valence-corrected chi connectivity index (χ4v) is 3.23. The van der Waals surface area contributed by atoms with Gasteiger partial charge in [-0.05, 0) is 36.7 Å². The maximum atomic E-state index is 5.48. The molecule has 23 heavy (non-hydrogen) atoms. The van der Waals surface area contributed by atoms with Crippen molar-refractivity contribution >= 4 is 33.8 Å². The van der Waals surface area contributed by atoms with E-state index in [1.165, 1.54) is 22.0 Å². The van der Waals surface area contributed by atoms with E-state index in [0.29, 0.717) is 0 Å². The fourth-order valence-electron chi connectivity index (χ4n) is 2.96. The lowest BCUT2D eigenvalue weighted by atomic mass is 9.99. The van der Waals surface area contributed by atoms with Gasteiger partial charge in [0.05, 0.1) is 0 Å². The van der Waals surface area contributed by atoms with Crippen LogP contribution in [0.3, 0.4) is 0 Å². The molecule has 0 amide bonds. The van der Waals surface area contributed by atoms with E-state index in [9.17, 15) is 0 Å². The first-order valence-corrected chi connectivity index (χ1v) is 8.47. The monoisotopic (exact) mass is 329 g/mol. The largest absolute Gasteiger partial charge is 0.385 e. The first-order chi connectivity index (χ1) is 11.3. The normalized spacial score (nSPS) is 14.8. The van der Waals surface area contributed by atoms with Gasteiger partial charge in [-0.15, -0.1) is 0 Å². The van der Waals surface area contributed by atoms with Crippen LogP contribution in [0.1, 0.15) is 18.4 Å². The molecule has 0 saturated carbocycles. The van der Waals surface area contributed by atoms with Gasteiger partial charge in [0, 0.05) is 56.0 Å². The average molecular weight is 329 g/mol. The van der Waals surface area contributed by atoms with E-state index in [2.05, 4.69) is 51.7 Å². The van der Waals surface area contributed by atoms with Crippen molar-refractivity contribution in [1.82, 2.24) is 15.2 Å². The third kappa shape index (κ3) is 3.74. The van der Waals surface area contributed by atoms with Crippen LogP contribution in [0.5, 0.6) is 0 Å². The van der Waals surface area contributed by atoms with Gasteiger partial charge in [-0.25, -0.2) is 0 Å². The molecule has 2 aromatic rings. The topological polar surface area (TPSA) is 40.3 Å². The summed E-state index contributed by atoms with van der Waals surface area (Å²) in [6.45, 7) is 3.45. The highest BCUT2D eigenvalue weighted by Crippen LogP contribution is 2.29. The van der Waals surface area contributed by atoms with E-state index in [0.717, 1.165) is 44.2 Å². The summed E-state index contributed by atoms with van der Waals surface area (Å²) in [5.74, 6) is 0. The minimum atomic E-state index is 0.764. The van der Waals surface area contributed by atoms with Crippen molar-refractivity contribution < 1.29 is 4.74 Å². The molecule has 0 unspecified atom stereocenters. The van der Waals surface area contributed by atoms with Crippen LogP contribution in [0.2, 0.25) is 0 Å². The number of ether oxygens (including phenoxy) is 1. The summed E-state index contributed by atoms with van der Waals surface area (Å²) in [6.07, 6.45) is 6.40. The van der Waals surface area contributed by atoms with Gasteiger partial charge >= 0.3 is 0 Å². The highest BCUT2D eigenvalue weighted by atomic mass is 32.1. The Morgan fingerprint density at radius 3 is 3.04 bits per heavy atom. The van der Waals surface area contributed by atoms with Crippen molar-refractivity contribution in [2.24, 2.45) is 0 Å². The molecule has 1 aromatic heterocycles. The van der Waals surface area contributed by atoms with E-state index in [4.69, 9.17) is 17.0 Å². The Morgan fingerprint density at radius 1 is 1.39 bits per heavy atom. The summed E-state index contributed by atoms with van der Waals surface area (Å²) in [4.78, 5) is 5.58. The zero-order valence-electron chi connectivity index (χ0n) is 13.5. The number of benzene rings is 1. The van der Waals surface area contributed by atoms with E-state index >= 15 is 0 Å². The van der Waals surface area contributed by atoms with Crippen LogP contribution in [0.25, 0.3) is 16.5 Å². The fraction of sp³-hybridized carbons (Fsp3) is 0.389. The van der Waals surface area contributed by atoms with Crippen LogP contribution < -0.4 is 5.32 Å². The lowest BCUT2D eigenvalue weighted by molar-refractivity contribution is 0.195. The van der Waals surface area contributed by atoms with Crippen molar-refractivity contribution in [2.75, 3.05) is 33.4 Å². The van der Waals surface area contributed by atoms with Gasteiger partial charge < -0.3 is 19.9 Å². The molecule has 5 heteroatoms. The predicted octanol–water partition coefficient (Wildman–Crippen LogP) is 3.17. The summed E-state index contributed by atoms with van der Waals surface area (Å²) in [6, 6.07) is 8.45. The molecule has 0 aliphatic carbocycles. The summed E-state index contributed by atoms with van der Waals surface area (Å²) in [7, 11) is 1.72. The van der Waals surface area contributed by atoms with Gasteiger partial charge in [0.25, 0.3) is 0 Å². The molecule has 122 valence electrons. The van der Waals surface area contributed by atoms with Crippen molar-refractivity contribution in [3.63, 3.8) is 0 Å². The molecule has 0 fully saturated rings. The second-order valence-corrected chi connectivity index (χ2v) is 6.14. The summed E-state index contributed by atoms with van der Waals surface area (Å²) >= 11 is 5.48. The Kier molecular flexibility index (Phi) is 5.31. The van der Waals surface area contributed by atoms with Crippen molar-refractivity contribution in [1.29, 1.82) is 0 Å². The molecule has 0 atom stereocenters. The number of para-hydroxylation sites is 1. The van der Waals surface area contributed by atoms with Gasteiger partial charge in [0.1, 0.15) is 0 Å². The molecule has 3 rings (SSSR count). The number of H-pyrrole nitrogens is 1. The SMILES string of the molecule is COCCCNC(=S)N1CC=C(c2c[nH]c3ccccc23)CC1. The smallest absolute Gasteiger partial charge is 0.169 e. The maximum absolute atomic E-state index is 5.48. The van der Waals surface area contributed by atoms with Crippen LogP contribution in [0.15, 0.2) is 36.5 Å². The molecule has 1 aliphatic heterocycles.